The number of imidazole rings is 1. The fourth-order valence-corrected chi connectivity index (χ4v) is 4.30. The number of aromatic nitrogens is 2. The van der Waals surface area contributed by atoms with Gasteiger partial charge in [0.05, 0.1) is 26.0 Å². The Hall–Kier alpha value is -3.35. The summed E-state index contributed by atoms with van der Waals surface area (Å²) in [5.41, 5.74) is 7.94. The molecular formula is C27H30N4O2. The molecule has 170 valence electrons. The van der Waals surface area contributed by atoms with Crippen molar-refractivity contribution in [3.05, 3.63) is 83.7 Å². The molecule has 33 heavy (non-hydrogen) atoms. The Bertz CT molecular complexity index is 1230. The first kappa shape index (κ1) is 21.5. The number of ether oxygens (including phenoxy) is 2. The van der Waals surface area contributed by atoms with Gasteiger partial charge in [-0.1, -0.05) is 24.3 Å². The number of rotatable bonds is 7. The minimum Gasteiger partial charge on any atom is -0.497 e. The number of aryl methyl sites for hydroxylation is 1. The van der Waals surface area contributed by atoms with Crippen LogP contribution in [0.2, 0.25) is 0 Å². The Kier molecular flexibility index (Phi) is 6.28. The summed E-state index contributed by atoms with van der Waals surface area (Å²) in [5.74, 6) is 0.897. The van der Waals surface area contributed by atoms with Gasteiger partial charge in [0.25, 0.3) is 0 Å². The van der Waals surface area contributed by atoms with E-state index in [4.69, 9.17) is 14.5 Å². The Morgan fingerprint density at radius 3 is 2.61 bits per heavy atom. The van der Waals surface area contributed by atoms with Crippen LogP contribution in [-0.2, 0) is 17.8 Å². The van der Waals surface area contributed by atoms with Crippen LogP contribution in [0, 0.1) is 6.92 Å². The summed E-state index contributed by atoms with van der Waals surface area (Å²) in [5, 5.41) is 3.58. The molecule has 0 unspecified atom stereocenters. The number of fused-ring (bicyclic) bond motifs is 1. The van der Waals surface area contributed by atoms with Crippen LogP contribution < -0.4 is 10.1 Å². The number of morpholine rings is 1. The van der Waals surface area contributed by atoms with E-state index < -0.39 is 0 Å². The van der Waals surface area contributed by atoms with Crippen molar-refractivity contribution in [3.8, 4) is 17.0 Å². The first-order valence-electron chi connectivity index (χ1n) is 11.4. The molecule has 5 rings (SSSR count). The molecule has 0 spiro atoms. The van der Waals surface area contributed by atoms with E-state index in [1.54, 1.807) is 7.11 Å². The molecule has 0 saturated carbocycles. The van der Waals surface area contributed by atoms with E-state index in [0.29, 0.717) is 0 Å². The van der Waals surface area contributed by atoms with Crippen molar-refractivity contribution in [1.82, 2.24) is 14.3 Å². The molecule has 1 saturated heterocycles. The number of anilines is 1. The molecule has 4 aromatic rings. The lowest BCUT2D eigenvalue weighted by Crippen LogP contribution is -2.35. The lowest BCUT2D eigenvalue weighted by atomic mass is 10.1. The van der Waals surface area contributed by atoms with Gasteiger partial charge in [0.1, 0.15) is 11.4 Å². The molecule has 0 bridgehead atoms. The number of hydrogen-bond acceptors (Lipinski definition) is 5. The van der Waals surface area contributed by atoms with Crippen molar-refractivity contribution >= 4 is 11.3 Å². The summed E-state index contributed by atoms with van der Waals surface area (Å²) in [6.45, 7) is 7.29. The number of nitrogens with zero attached hydrogens (tertiary/aromatic N) is 3. The number of nitrogens with one attached hydrogen (secondary N) is 1. The van der Waals surface area contributed by atoms with E-state index in [0.717, 1.165) is 67.7 Å². The van der Waals surface area contributed by atoms with Gasteiger partial charge in [-0.05, 0) is 53.9 Å². The van der Waals surface area contributed by atoms with E-state index in [2.05, 4.69) is 70.2 Å². The largest absolute Gasteiger partial charge is 0.497 e. The zero-order valence-corrected chi connectivity index (χ0v) is 19.3. The smallest absolute Gasteiger partial charge is 0.140 e. The van der Waals surface area contributed by atoms with Crippen LogP contribution in [0.4, 0.5) is 5.69 Å². The topological polar surface area (TPSA) is 51.0 Å². The summed E-state index contributed by atoms with van der Waals surface area (Å²) < 4.78 is 13.1. The van der Waals surface area contributed by atoms with Crippen molar-refractivity contribution in [1.29, 1.82) is 0 Å². The highest BCUT2D eigenvalue weighted by Crippen LogP contribution is 2.24. The van der Waals surface area contributed by atoms with Crippen molar-refractivity contribution in [2.24, 2.45) is 0 Å². The quantitative estimate of drug-likeness (QED) is 0.447. The summed E-state index contributed by atoms with van der Waals surface area (Å²) in [7, 11) is 1.72. The first-order chi connectivity index (χ1) is 16.2. The molecule has 0 atom stereocenters. The fourth-order valence-electron chi connectivity index (χ4n) is 4.30. The van der Waals surface area contributed by atoms with Crippen molar-refractivity contribution in [2.75, 3.05) is 38.7 Å². The minimum atomic E-state index is 0.760. The average molecular weight is 443 g/mol. The van der Waals surface area contributed by atoms with Crippen LogP contribution in [0.15, 0.2) is 67.0 Å². The normalized spacial score (nSPS) is 14.5. The Morgan fingerprint density at radius 2 is 1.85 bits per heavy atom. The third-order valence-electron chi connectivity index (χ3n) is 6.25. The Labute approximate surface area is 194 Å². The van der Waals surface area contributed by atoms with Crippen LogP contribution in [0.5, 0.6) is 5.75 Å². The number of benzene rings is 2. The average Bonchev–Trinajstić information content (AvgIpc) is 3.30. The molecule has 6 nitrogen and oxygen atoms in total. The van der Waals surface area contributed by atoms with E-state index in [9.17, 15) is 0 Å². The highest BCUT2D eigenvalue weighted by Gasteiger charge is 2.14. The van der Waals surface area contributed by atoms with Gasteiger partial charge in [0, 0.05) is 49.8 Å². The van der Waals surface area contributed by atoms with Crippen molar-refractivity contribution < 1.29 is 9.47 Å². The third kappa shape index (κ3) is 4.87. The number of methoxy groups -OCH3 is 1. The lowest BCUT2D eigenvalue weighted by Gasteiger charge is -2.27. The first-order valence-corrected chi connectivity index (χ1v) is 11.4. The van der Waals surface area contributed by atoms with Gasteiger partial charge in [-0.2, -0.15) is 0 Å². The van der Waals surface area contributed by atoms with Gasteiger partial charge in [-0.15, -0.1) is 0 Å². The molecule has 6 heteroatoms. The molecule has 0 radical (unpaired) electrons. The minimum absolute atomic E-state index is 0.760. The van der Waals surface area contributed by atoms with Gasteiger partial charge in [-0.25, -0.2) is 4.98 Å². The third-order valence-corrected chi connectivity index (χ3v) is 6.25. The molecule has 1 N–H and O–H groups in total. The molecule has 1 fully saturated rings. The number of pyridine rings is 1. The summed E-state index contributed by atoms with van der Waals surface area (Å²) in [6, 6.07) is 19.0. The highest BCUT2D eigenvalue weighted by molar-refractivity contribution is 5.66. The molecule has 1 aliphatic rings. The van der Waals surface area contributed by atoms with E-state index in [1.807, 2.05) is 18.3 Å². The standard InChI is InChI=1S/C27H30N4O2/c1-20-4-3-11-31-19-26(29-27(20)31)21-5-8-24(9-6-21)28-17-22-7-10-25(32-2)16-23(22)18-30-12-14-33-15-13-30/h3-11,16,19,28H,12-15,17-18H2,1-2H3. The number of hydrogen-bond donors (Lipinski definition) is 1. The van der Waals surface area contributed by atoms with Gasteiger partial charge in [-0.3, -0.25) is 4.90 Å². The summed E-state index contributed by atoms with van der Waals surface area (Å²) >= 11 is 0. The van der Waals surface area contributed by atoms with Crippen LogP contribution in [-0.4, -0.2) is 47.7 Å². The Balaban J connectivity index is 1.29. The molecular weight excluding hydrogens is 412 g/mol. The van der Waals surface area contributed by atoms with Crippen molar-refractivity contribution in [2.45, 2.75) is 20.0 Å². The van der Waals surface area contributed by atoms with Gasteiger partial charge < -0.3 is 19.2 Å². The second kappa shape index (κ2) is 9.65. The monoisotopic (exact) mass is 442 g/mol. The molecule has 1 aliphatic heterocycles. The maximum Gasteiger partial charge on any atom is 0.140 e. The Morgan fingerprint density at radius 1 is 1.03 bits per heavy atom. The van der Waals surface area contributed by atoms with Crippen molar-refractivity contribution in [3.63, 3.8) is 0 Å². The van der Waals surface area contributed by atoms with Gasteiger partial charge in [0.2, 0.25) is 0 Å². The maximum atomic E-state index is 5.50. The summed E-state index contributed by atoms with van der Waals surface area (Å²) in [4.78, 5) is 7.24. The zero-order chi connectivity index (χ0) is 22.6. The lowest BCUT2D eigenvalue weighted by molar-refractivity contribution is 0.0340. The fraction of sp³-hybridized carbons (Fsp3) is 0.296. The second-order valence-electron chi connectivity index (χ2n) is 8.50. The van der Waals surface area contributed by atoms with E-state index in [-0.39, 0.29) is 0 Å². The van der Waals surface area contributed by atoms with Crippen LogP contribution in [0.3, 0.4) is 0 Å². The second-order valence-corrected chi connectivity index (χ2v) is 8.50. The van der Waals surface area contributed by atoms with Crippen LogP contribution in [0.1, 0.15) is 16.7 Å². The van der Waals surface area contributed by atoms with E-state index >= 15 is 0 Å². The van der Waals surface area contributed by atoms with Gasteiger partial charge in [0.15, 0.2) is 0 Å². The predicted molar refractivity (Wildman–Crippen MR) is 132 cm³/mol. The van der Waals surface area contributed by atoms with E-state index in [1.165, 1.54) is 16.7 Å². The molecule has 0 aliphatic carbocycles. The highest BCUT2D eigenvalue weighted by atomic mass is 16.5. The van der Waals surface area contributed by atoms with Crippen LogP contribution in [0.25, 0.3) is 16.9 Å². The molecule has 2 aromatic heterocycles. The SMILES string of the molecule is COc1ccc(CNc2ccc(-c3cn4cccc(C)c4n3)cc2)c(CN2CCOCC2)c1. The molecule has 3 heterocycles. The van der Waals surface area contributed by atoms with Crippen LogP contribution >= 0.6 is 0 Å². The zero-order valence-electron chi connectivity index (χ0n) is 19.3. The molecule has 0 amide bonds. The maximum absolute atomic E-state index is 5.50. The predicted octanol–water partition coefficient (Wildman–Crippen LogP) is 4.76. The van der Waals surface area contributed by atoms with Gasteiger partial charge >= 0.3 is 0 Å². The summed E-state index contributed by atoms with van der Waals surface area (Å²) in [6.07, 6.45) is 4.12. The molecule has 2 aromatic carbocycles.